The van der Waals surface area contributed by atoms with Crippen molar-refractivity contribution in [2.45, 2.75) is 43.4 Å². The van der Waals surface area contributed by atoms with Gasteiger partial charge in [-0.05, 0) is 37.6 Å². The van der Waals surface area contributed by atoms with E-state index in [1.54, 1.807) is 36.4 Å². The highest BCUT2D eigenvalue weighted by atomic mass is 32.2. The van der Waals surface area contributed by atoms with Gasteiger partial charge in [-0.15, -0.1) is 11.8 Å². The summed E-state index contributed by atoms with van der Waals surface area (Å²) in [6.07, 6.45) is 4.24. The zero-order valence-corrected chi connectivity index (χ0v) is 18.7. The van der Waals surface area contributed by atoms with Crippen LogP contribution < -0.4 is 0 Å². The molecule has 1 aromatic carbocycles. The number of nitrogens with zero attached hydrogens (tertiary/aromatic N) is 2. The first kappa shape index (κ1) is 22.4. The molecule has 1 fully saturated rings. The predicted molar refractivity (Wildman–Crippen MR) is 116 cm³/mol. The number of aryl methyl sites for hydroxylation is 1. The maximum Gasteiger partial charge on any atom is 0.325 e. The maximum absolute atomic E-state index is 13.2. The van der Waals surface area contributed by atoms with E-state index >= 15 is 0 Å². The SMILES string of the molecule is CCCCCOC(=O)CN1C(=O)CSC1c1cccn1S(=O)(=O)c1ccc(C)cc1. The number of aromatic nitrogens is 1. The molecule has 0 bridgehead atoms. The molecule has 0 N–H and O–H groups in total. The lowest BCUT2D eigenvalue weighted by molar-refractivity contribution is -0.148. The molecule has 0 aliphatic carbocycles. The van der Waals surface area contributed by atoms with Crippen molar-refractivity contribution in [3.05, 3.63) is 53.9 Å². The second-order valence-electron chi connectivity index (χ2n) is 7.16. The lowest BCUT2D eigenvalue weighted by Gasteiger charge is -2.24. The third-order valence-corrected chi connectivity index (χ3v) is 7.80. The van der Waals surface area contributed by atoms with E-state index in [4.69, 9.17) is 4.74 Å². The molecule has 1 atom stereocenters. The van der Waals surface area contributed by atoms with Gasteiger partial charge in [-0.1, -0.05) is 37.5 Å². The van der Waals surface area contributed by atoms with E-state index in [0.29, 0.717) is 12.3 Å². The van der Waals surface area contributed by atoms with Gasteiger partial charge in [0.2, 0.25) is 5.91 Å². The Morgan fingerprint density at radius 1 is 1.20 bits per heavy atom. The molecule has 1 aromatic heterocycles. The summed E-state index contributed by atoms with van der Waals surface area (Å²) in [7, 11) is -3.82. The molecule has 1 aliphatic rings. The number of rotatable bonds is 9. The Kier molecular flexibility index (Phi) is 7.25. The number of carbonyl (C=O) groups is 2. The van der Waals surface area contributed by atoms with Gasteiger partial charge < -0.3 is 9.64 Å². The van der Waals surface area contributed by atoms with Crippen molar-refractivity contribution in [3.8, 4) is 0 Å². The zero-order chi connectivity index (χ0) is 21.7. The Balaban J connectivity index is 1.80. The van der Waals surface area contributed by atoms with Crippen molar-refractivity contribution in [1.29, 1.82) is 0 Å². The number of benzene rings is 1. The molecular formula is C21H26N2O5S2. The normalized spacial score (nSPS) is 16.8. The van der Waals surface area contributed by atoms with E-state index in [1.807, 2.05) is 6.92 Å². The van der Waals surface area contributed by atoms with Crippen molar-refractivity contribution < 1.29 is 22.7 Å². The summed E-state index contributed by atoms with van der Waals surface area (Å²) < 4.78 is 32.7. The van der Waals surface area contributed by atoms with Crippen LogP contribution in [-0.4, -0.2) is 48.1 Å². The minimum Gasteiger partial charge on any atom is -0.464 e. The molecule has 1 amide bonds. The molecule has 0 spiro atoms. The average Bonchev–Trinajstić information content (AvgIpc) is 3.33. The van der Waals surface area contributed by atoms with Gasteiger partial charge in [0.1, 0.15) is 11.9 Å². The van der Waals surface area contributed by atoms with Crippen molar-refractivity contribution in [2.24, 2.45) is 0 Å². The molecular weight excluding hydrogens is 424 g/mol. The summed E-state index contributed by atoms with van der Waals surface area (Å²) in [5.41, 5.74) is 1.40. The molecule has 3 rings (SSSR count). The molecule has 0 radical (unpaired) electrons. The highest BCUT2D eigenvalue weighted by Gasteiger charge is 2.37. The summed E-state index contributed by atoms with van der Waals surface area (Å²) in [5, 5.41) is -0.573. The van der Waals surface area contributed by atoms with Crippen LogP contribution in [0.2, 0.25) is 0 Å². The summed E-state index contributed by atoms with van der Waals surface area (Å²) in [6.45, 7) is 4.08. The molecule has 1 aliphatic heterocycles. The van der Waals surface area contributed by atoms with E-state index < -0.39 is 21.4 Å². The van der Waals surface area contributed by atoms with E-state index in [-0.39, 0.29) is 23.1 Å². The highest BCUT2D eigenvalue weighted by molar-refractivity contribution is 8.00. The maximum atomic E-state index is 13.2. The molecule has 0 saturated carbocycles. The van der Waals surface area contributed by atoms with Crippen LogP contribution in [-0.2, 0) is 24.3 Å². The Bertz CT molecular complexity index is 999. The summed E-state index contributed by atoms with van der Waals surface area (Å²) in [5.74, 6) is -0.508. The Labute approximate surface area is 181 Å². The summed E-state index contributed by atoms with van der Waals surface area (Å²) in [6, 6.07) is 9.91. The summed E-state index contributed by atoms with van der Waals surface area (Å²) in [4.78, 5) is 26.2. The van der Waals surface area contributed by atoms with Crippen LogP contribution in [0.4, 0.5) is 0 Å². The number of hydrogen-bond donors (Lipinski definition) is 0. The van der Waals surface area contributed by atoms with Crippen LogP contribution in [0.5, 0.6) is 0 Å². The highest BCUT2D eigenvalue weighted by Crippen LogP contribution is 2.39. The average molecular weight is 451 g/mol. The number of ether oxygens (including phenoxy) is 1. The monoisotopic (exact) mass is 450 g/mol. The van der Waals surface area contributed by atoms with Gasteiger partial charge >= 0.3 is 5.97 Å². The van der Waals surface area contributed by atoms with Crippen LogP contribution in [0.3, 0.4) is 0 Å². The Morgan fingerprint density at radius 2 is 1.93 bits per heavy atom. The number of amides is 1. The third kappa shape index (κ3) is 4.89. The summed E-state index contributed by atoms with van der Waals surface area (Å²) >= 11 is 1.30. The molecule has 9 heteroatoms. The standard InChI is InChI=1S/C21H26N2O5S2/c1-3-4-5-13-28-20(25)14-22-19(24)15-29-21(22)18-7-6-12-23(18)30(26,27)17-10-8-16(2)9-11-17/h6-12,21H,3-5,13-15H2,1-2H3. The molecule has 1 unspecified atom stereocenters. The van der Waals surface area contributed by atoms with Gasteiger partial charge in [0.25, 0.3) is 10.0 Å². The first-order valence-corrected chi connectivity index (χ1v) is 12.4. The molecule has 2 heterocycles. The van der Waals surface area contributed by atoms with Gasteiger partial charge in [0.05, 0.1) is 22.9 Å². The fraction of sp³-hybridized carbons (Fsp3) is 0.429. The quantitative estimate of drug-likeness (QED) is 0.430. The van der Waals surface area contributed by atoms with Crippen molar-refractivity contribution in [1.82, 2.24) is 8.87 Å². The first-order chi connectivity index (χ1) is 14.3. The molecule has 30 heavy (non-hydrogen) atoms. The number of thioether (sulfide) groups is 1. The van der Waals surface area contributed by atoms with E-state index in [1.165, 1.54) is 26.8 Å². The van der Waals surface area contributed by atoms with Gasteiger partial charge in [0.15, 0.2) is 0 Å². The van der Waals surface area contributed by atoms with E-state index in [0.717, 1.165) is 24.8 Å². The Morgan fingerprint density at radius 3 is 2.63 bits per heavy atom. The molecule has 2 aromatic rings. The fourth-order valence-corrected chi connectivity index (χ4v) is 5.85. The lowest BCUT2D eigenvalue weighted by atomic mass is 10.2. The van der Waals surface area contributed by atoms with Crippen molar-refractivity contribution in [2.75, 3.05) is 18.9 Å². The second-order valence-corrected chi connectivity index (χ2v) is 10.0. The molecule has 162 valence electrons. The topological polar surface area (TPSA) is 85.7 Å². The van der Waals surface area contributed by atoms with Crippen molar-refractivity contribution >= 4 is 33.7 Å². The van der Waals surface area contributed by atoms with Crippen LogP contribution >= 0.6 is 11.8 Å². The smallest absolute Gasteiger partial charge is 0.325 e. The zero-order valence-electron chi connectivity index (χ0n) is 17.1. The lowest BCUT2D eigenvalue weighted by Crippen LogP contribution is -2.35. The van der Waals surface area contributed by atoms with E-state index in [2.05, 4.69) is 6.92 Å². The molecule has 7 nitrogen and oxygen atoms in total. The Hall–Kier alpha value is -2.26. The van der Waals surface area contributed by atoms with Gasteiger partial charge in [-0.3, -0.25) is 9.59 Å². The van der Waals surface area contributed by atoms with Crippen LogP contribution in [0.1, 0.15) is 42.8 Å². The minimum atomic E-state index is -3.82. The van der Waals surface area contributed by atoms with Gasteiger partial charge in [-0.25, -0.2) is 12.4 Å². The van der Waals surface area contributed by atoms with E-state index in [9.17, 15) is 18.0 Å². The fourth-order valence-electron chi connectivity index (χ4n) is 3.21. The van der Waals surface area contributed by atoms with Gasteiger partial charge in [-0.2, -0.15) is 0 Å². The number of unbranched alkanes of at least 4 members (excludes halogenated alkanes) is 2. The number of hydrogen-bond acceptors (Lipinski definition) is 6. The van der Waals surface area contributed by atoms with Crippen LogP contribution in [0.25, 0.3) is 0 Å². The predicted octanol–water partition coefficient (Wildman–Crippen LogP) is 3.34. The first-order valence-electron chi connectivity index (χ1n) is 9.90. The second kappa shape index (κ2) is 9.70. The van der Waals surface area contributed by atoms with Gasteiger partial charge in [0, 0.05) is 6.20 Å². The van der Waals surface area contributed by atoms with Crippen LogP contribution in [0.15, 0.2) is 47.5 Å². The van der Waals surface area contributed by atoms with Crippen LogP contribution in [0, 0.1) is 6.92 Å². The largest absolute Gasteiger partial charge is 0.464 e. The number of esters is 1. The molecule has 1 saturated heterocycles. The minimum absolute atomic E-state index is 0.168. The van der Waals surface area contributed by atoms with Crippen molar-refractivity contribution in [3.63, 3.8) is 0 Å². The number of carbonyl (C=O) groups excluding carboxylic acids is 2. The third-order valence-electron chi connectivity index (χ3n) is 4.85.